The summed E-state index contributed by atoms with van der Waals surface area (Å²) in [5.74, 6) is -0.311. The van der Waals surface area contributed by atoms with E-state index >= 15 is 0 Å². The zero-order chi connectivity index (χ0) is 75.3. The van der Waals surface area contributed by atoms with Crippen molar-refractivity contribution in [2.24, 2.45) is 0 Å². The largest absolute Gasteiger partial charge is 0.494 e. The van der Waals surface area contributed by atoms with Gasteiger partial charge in [-0.3, -0.25) is 0 Å². The molecular weight excluding hydrogens is 1520 g/mol. The van der Waals surface area contributed by atoms with Gasteiger partial charge in [0.2, 0.25) is 0 Å². The van der Waals surface area contributed by atoms with E-state index in [9.17, 15) is 39.6 Å². The van der Waals surface area contributed by atoms with E-state index in [0.29, 0.717) is 106 Å². The second-order valence-corrected chi connectivity index (χ2v) is 31.4. The number of carboxylic acid groups (broad SMARTS) is 4. The predicted molar refractivity (Wildman–Crippen MR) is 440 cm³/mol. The van der Waals surface area contributed by atoms with Crippen LogP contribution >= 0.6 is 103 Å². The molecule has 0 fully saturated rings. The Hall–Kier alpha value is -8.91. The van der Waals surface area contributed by atoms with Crippen molar-refractivity contribution >= 4 is 189 Å². The molecule has 0 spiro atoms. The first kappa shape index (κ1) is 78.2. The lowest BCUT2D eigenvalue weighted by molar-refractivity contribution is 0.0690. The van der Waals surface area contributed by atoms with Crippen molar-refractivity contribution < 1.29 is 58.6 Å². The molecule has 0 saturated heterocycles. The Morgan fingerprint density at radius 2 is 0.689 bits per heavy atom. The molecule has 10 aromatic carbocycles. The lowest BCUT2D eigenvalue weighted by Gasteiger charge is -2.10. The van der Waals surface area contributed by atoms with Crippen LogP contribution in [0.3, 0.4) is 0 Å². The number of aromatic carboxylic acids is 4. The van der Waals surface area contributed by atoms with E-state index in [2.05, 4.69) is 36.4 Å². The van der Waals surface area contributed by atoms with Gasteiger partial charge in [-0.2, -0.15) is 0 Å². The molecule has 0 radical (unpaired) electrons. The molecule has 14 aromatic rings. The molecule has 0 atom stereocenters. The van der Waals surface area contributed by atoms with Gasteiger partial charge < -0.3 is 39.4 Å². The van der Waals surface area contributed by atoms with Gasteiger partial charge in [0, 0.05) is 55.7 Å². The maximum Gasteiger partial charge on any atom is 0.346 e. The van der Waals surface area contributed by atoms with Crippen molar-refractivity contribution in [2.75, 3.05) is 26.4 Å². The van der Waals surface area contributed by atoms with Crippen molar-refractivity contribution in [3.63, 3.8) is 0 Å². The maximum absolute atomic E-state index is 11.7. The summed E-state index contributed by atoms with van der Waals surface area (Å²) in [5, 5.41) is 49.5. The number of aryl methyl sites for hydroxylation is 9. The zero-order valence-corrected chi connectivity index (χ0v) is 65.4. The Kier molecular flexibility index (Phi) is 26.6. The zero-order valence-electron chi connectivity index (χ0n) is 58.4. The van der Waals surface area contributed by atoms with E-state index in [4.69, 9.17) is 77.0 Å². The number of hydrogen-bond donors (Lipinski definition) is 4. The molecule has 4 N–H and O–H groups in total. The molecule has 0 aliphatic heterocycles. The van der Waals surface area contributed by atoms with Gasteiger partial charge in [-0.05, 0) is 230 Å². The number of thiophene rings is 4. The quantitative estimate of drug-likeness (QED) is 0.0420. The van der Waals surface area contributed by atoms with Crippen LogP contribution in [0.1, 0.15) is 114 Å². The number of fused-ring (bicyclic) bond motifs is 6. The maximum atomic E-state index is 11.7. The van der Waals surface area contributed by atoms with Crippen molar-refractivity contribution in [3.8, 4) is 23.0 Å². The summed E-state index contributed by atoms with van der Waals surface area (Å²) < 4.78 is 27.3. The van der Waals surface area contributed by atoms with Crippen LogP contribution in [0.4, 0.5) is 0 Å². The normalized spacial score (nSPS) is 11.1. The van der Waals surface area contributed by atoms with E-state index in [1.807, 2.05) is 162 Å². The van der Waals surface area contributed by atoms with Crippen LogP contribution in [0.15, 0.2) is 182 Å². The van der Waals surface area contributed by atoms with Gasteiger partial charge in [0.05, 0.1) is 36.2 Å². The van der Waals surface area contributed by atoms with Gasteiger partial charge in [-0.1, -0.05) is 167 Å². The fourth-order valence-electron chi connectivity index (χ4n) is 12.8. The van der Waals surface area contributed by atoms with E-state index < -0.39 is 23.9 Å². The third-order valence-electron chi connectivity index (χ3n) is 17.7. The minimum atomic E-state index is -0.915. The molecule has 4 heterocycles. The fourth-order valence-corrected chi connectivity index (χ4v) is 18.5. The van der Waals surface area contributed by atoms with E-state index in [1.165, 1.54) is 45.3 Å². The molecule has 12 nitrogen and oxygen atoms in total. The first-order valence-electron chi connectivity index (χ1n) is 34.1. The van der Waals surface area contributed by atoms with Crippen molar-refractivity contribution in [2.45, 2.75) is 86.0 Å². The SMILES string of the molecule is Cc1cc(OCCCc2c(C(=O)O)sc3c(Cl)cccc23)cc(C)c1Cl.Cc1cc(OCCCc2c(C(=O)O)sc3cccc(Cl)c23)cc(C)c1Cl.Cc1ccc2c(CCCOc3cccc4ccccc34)c(C(=O)O)sc2c1.O=C(O)c1sc2cccc(Cl)c2c1CCCOc1cccc2ccccc12. The molecule has 21 heteroatoms. The standard InChI is InChI=1S/C23H20O3S.C22H17ClO3S.2C20H18Cl2O3S/c1-15-11-12-18-19(22(23(24)25)27-21(18)14-15)9-5-13-26-20-10-4-7-16-6-2-3-8-17(16)20;23-17-10-4-12-19-20(17)16(21(27-19)22(24)25)9-5-13-26-18-11-3-7-14-6-1-2-8-15(14)18;1-11-9-13(10-12(2)18(11)22)25-8-4-5-14-17-15(21)6-3-7-16(17)26-19(14)20(23)24;1-11-9-13(10-12(2)17(11)22)25-8-4-6-15-14-5-3-7-16(21)18(14)26-19(15)20(23)24/h2-4,6-8,10-12,14H,5,9,13H2,1H3,(H,24,25);1-4,6-8,10-12H,5,9,13H2,(H,24,25);3,6-7,9-10H,4-5,8H2,1-2H3,(H,23,24);3,5,7,9-10H,4,6,8H2,1-2H3,(H,23,24). The summed E-state index contributed by atoms with van der Waals surface area (Å²) >= 11 is 36.3. The van der Waals surface area contributed by atoms with Crippen LogP contribution < -0.4 is 18.9 Å². The summed E-state index contributed by atoms with van der Waals surface area (Å²) in [5.41, 5.74) is 8.39. The highest BCUT2D eigenvalue weighted by molar-refractivity contribution is 7.22. The highest BCUT2D eigenvalue weighted by Gasteiger charge is 2.24. The summed E-state index contributed by atoms with van der Waals surface area (Å²) in [7, 11) is 0. The molecule has 0 amide bonds. The Bertz CT molecular complexity index is 5510. The fraction of sp³-hybridized carbons (Fsp3) is 0.200. The summed E-state index contributed by atoms with van der Waals surface area (Å²) in [6, 6.07) is 58.7. The number of rotatable bonds is 24. The number of benzene rings is 10. The van der Waals surface area contributed by atoms with Crippen molar-refractivity contribution in [1.82, 2.24) is 0 Å². The third kappa shape index (κ3) is 18.7. The lowest BCUT2D eigenvalue weighted by Crippen LogP contribution is -2.03. The Balaban J connectivity index is 0.000000141. The smallest absolute Gasteiger partial charge is 0.346 e. The molecule has 0 aliphatic carbocycles. The summed E-state index contributed by atoms with van der Waals surface area (Å²) in [6.45, 7) is 11.9. The third-order valence-corrected chi connectivity index (χ3v) is 24.8. The summed E-state index contributed by atoms with van der Waals surface area (Å²) in [4.78, 5) is 48.0. The number of carboxylic acids is 4. The van der Waals surface area contributed by atoms with Crippen molar-refractivity contribution in [1.29, 1.82) is 0 Å². The number of carbonyl (C=O) groups is 4. The number of halogens is 5. The van der Waals surface area contributed by atoms with Crippen LogP contribution in [0.25, 0.3) is 61.9 Å². The van der Waals surface area contributed by atoms with Crippen molar-refractivity contribution in [3.05, 3.63) is 277 Å². The molecule has 0 aliphatic rings. The van der Waals surface area contributed by atoms with Gasteiger partial charge in [0.1, 0.15) is 42.5 Å². The molecule has 0 unspecified atom stereocenters. The Morgan fingerprint density at radius 3 is 1.14 bits per heavy atom. The second-order valence-electron chi connectivity index (χ2n) is 25.2. The molecule has 106 heavy (non-hydrogen) atoms. The molecule has 4 aromatic heterocycles. The van der Waals surface area contributed by atoms with Crippen LogP contribution in [0.2, 0.25) is 25.1 Å². The van der Waals surface area contributed by atoms with Gasteiger partial charge in [-0.25, -0.2) is 19.2 Å². The first-order chi connectivity index (χ1) is 51.0. The summed E-state index contributed by atoms with van der Waals surface area (Å²) in [6.07, 6.45) is 5.39. The van der Waals surface area contributed by atoms with Crippen LogP contribution in [-0.2, 0) is 25.7 Å². The van der Waals surface area contributed by atoms with E-state index in [1.54, 1.807) is 18.2 Å². The molecule has 544 valence electrons. The Labute approximate surface area is 654 Å². The highest BCUT2D eigenvalue weighted by atomic mass is 35.5. The lowest BCUT2D eigenvalue weighted by atomic mass is 10.0. The first-order valence-corrected chi connectivity index (χ1v) is 39.3. The highest BCUT2D eigenvalue weighted by Crippen LogP contribution is 2.41. The molecule has 14 rings (SSSR count). The van der Waals surface area contributed by atoms with Crippen LogP contribution in [-0.4, -0.2) is 70.7 Å². The van der Waals surface area contributed by atoms with Gasteiger partial charge in [0.25, 0.3) is 0 Å². The van der Waals surface area contributed by atoms with Crippen LogP contribution in [0, 0.1) is 34.6 Å². The second kappa shape index (κ2) is 36.1. The average molecular weight is 1590 g/mol. The molecule has 0 saturated carbocycles. The van der Waals surface area contributed by atoms with E-state index in [-0.39, 0.29) is 0 Å². The monoisotopic (exact) mass is 1590 g/mol. The Morgan fingerprint density at radius 1 is 0.340 bits per heavy atom. The number of ether oxygens (including phenoxy) is 4. The molecular formula is C85H73Cl5O12S4. The minimum absolute atomic E-state index is 0.353. The van der Waals surface area contributed by atoms with E-state index in [0.717, 1.165) is 151 Å². The van der Waals surface area contributed by atoms with Gasteiger partial charge >= 0.3 is 23.9 Å². The topological polar surface area (TPSA) is 186 Å². The molecule has 0 bridgehead atoms. The minimum Gasteiger partial charge on any atom is -0.494 e. The average Bonchev–Trinajstić information content (AvgIpc) is 1.65. The van der Waals surface area contributed by atoms with Crippen LogP contribution in [0.5, 0.6) is 23.0 Å². The number of hydrogen-bond acceptors (Lipinski definition) is 12. The predicted octanol–water partition coefficient (Wildman–Crippen LogP) is 25.6. The van der Waals surface area contributed by atoms with Gasteiger partial charge in [-0.15, -0.1) is 45.3 Å². The van der Waals surface area contributed by atoms with Gasteiger partial charge in [0.15, 0.2) is 0 Å².